The van der Waals surface area contributed by atoms with E-state index in [-0.39, 0.29) is 11.4 Å². The molecule has 0 aliphatic heterocycles. The first-order chi connectivity index (χ1) is 10.4. The van der Waals surface area contributed by atoms with Gasteiger partial charge in [0, 0.05) is 25.2 Å². The van der Waals surface area contributed by atoms with E-state index in [0.717, 1.165) is 30.1 Å². The van der Waals surface area contributed by atoms with Gasteiger partial charge in [0.05, 0.1) is 6.61 Å². The molecule has 2 aromatic rings. The Bertz CT molecular complexity index is 617. The van der Waals surface area contributed by atoms with Gasteiger partial charge in [0.2, 0.25) is 5.88 Å². The first-order valence-corrected chi connectivity index (χ1v) is 7.35. The molecule has 4 N–H and O–H groups in total. The maximum absolute atomic E-state index is 9.27. The Morgan fingerprint density at radius 3 is 2.77 bits per heavy atom. The number of aryl methyl sites for hydroxylation is 1. The van der Waals surface area contributed by atoms with Gasteiger partial charge in [0.25, 0.3) is 0 Å². The Balaban J connectivity index is 1.76. The van der Waals surface area contributed by atoms with Gasteiger partial charge in [-0.1, -0.05) is 12.1 Å². The maximum atomic E-state index is 9.27. The lowest BCUT2D eigenvalue weighted by molar-refractivity contribution is 0.314. The van der Waals surface area contributed by atoms with Crippen molar-refractivity contribution in [1.82, 2.24) is 9.78 Å². The lowest BCUT2D eigenvalue weighted by atomic mass is 9.96. The minimum atomic E-state index is -0.373. The van der Waals surface area contributed by atoms with E-state index >= 15 is 0 Å². The van der Waals surface area contributed by atoms with Crippen LogP contribution in [0, 0.1) is 0 Å². The summed E-state index contributed by atoms with van der Waals surface area (Å²) in [5.74, 6) is 1.63. The quantitative estimate of drug-likeness (QED) is 0.683. The van der Waals surface area contributed by atoms with Crippen LogP contribution < -0.4 is 15.8 Å². The molecule has 0 radical (unpaired) electrons. The Morgan fingerprint density at radius 2 is 2.14 bits per heavy atom. The standard InChI is InChI=1S/C16H24N4O2/c1-16(2,17)12-6-4-7-13(10-12)22-9-5-8-18-14-11-15(21)19-20(14)3/h4,6-7,10-11,18H,5,8-9,17H2,1-3H3,(H,19,21). The first-order valence-electron chi connectivity index (χ1n) is 7.35. The fourth-order valence-corrected chi connectivity index (χ4v) is 2.08. The fourth-order valence-electron chi connectivity index (χ4n) is 2.08. The van der Waals surface area contributed by atoms with Crippen LogP contribution in [0.5, 0.6) is 11.6 Å². The highest BCUT2D eigenvalue weighted by Gasteiger charge is 2.14. The van der Waals surface area contributed by atoms with E-state index in [0.29, 0.717) is 6.61 Å². The van der Waals surface area contributed by atoms with Crippen LogP contribution >= 0.6 is 0 Å². The Hall–Kier alpha value is -2.21. The zero-order valence-corrected chi connectivity index (χ0v) is 13.3. The van der Waals surface area contributed by atoms with Gasteiger partial charge >= 0.3 is 0 Å². The highest BCUT2D eigenvalue weighted by molar-refractivity contribution is 5.38. The van der Waals surface area contributed by atoms with Crippen LogP contribution in [0.15, 0.2) is 30.3 Å². The summed E-state index contributed by atoms with van der Waals surface area (Å²) in [6.07, 6.45) is 0.836. The molecule has 6 nitrogen and oxygen atoms in total. The summed E-state index contributed by atoms with van der Waals surface area (Å²) < 4.78 is 7.35. The van der Waals surface area contributed by atoms with Gasteiger partial charge in [-0.3, -0.25) is 0 Å². The van der Waals surface area contributed by atoms with Crippen molar-refractivity contribution in [3.8, 4) is 11.6 Å². The molecule has 2 rings (SSSR count). The summed E-state index contributed by atoms with van der Waals surface area (Å²) >= 11 is 0. The molecular formula is C16H24N4O2. The summed E-state index contributed by atoms with van der Waals surface area (Å²) in [4.78, 5) is 0. The van der Waals surface area contributed by atoms with Gasteiger partial charge in [-0.05, 0) is 38.0 Å². The number of hydrogen-bond donors (Lipinski definition) is 3. The summed E-state index contributed by atoms with van der Waals surface area (Å²) in [5, 5.41) is 16.3. The molecule has 0 aliphatic carbocycles. The topological polar surface area (TPSA) is 85.3 Å². The predicted octanol–water partition coefficient (Wildman–Crippen LogP) is 2.20. The highest BCUT2D eigenvalue weighted by Crippen LogP contribution is 2.22. The molecule has 0 saturated carbocycles. The predicted molar refractivity (Wildman–Crippen MR) is 87.1 cm³/mol. The van der Waals surface area contributed by atoms with Gasteiger partial charge < -0.3 is 20.9 Å². The van der Waals surface area contributed by atoms with E-state index in [1.54, 1.807) is 17.8 Å². The van der Waals surface area contributed by atoms with Crippen molar-refractivity contribution in [3.63, 3.8) is 0 Å². The molecule has 1 aromatic carbocycles. The number of hydrogen-bond acceptors (Lipinski definition) is 5. The van der Waals surface area contributed by atoms with E-state index in [9.17, 15) is 5.11 Å². The van der Waals surface area contributed by atoms with Crippen LogP contribution in [0.2, 0.25) is 0 Å². The molecule has 0 amide bonds. The molecule has 1 heterocycles. The molecule has 0 bridgehead atoms. The van der Waals surface area contributed by atoms with E-state index in [1.165, 1.54) is 0 Å². The zero-order valence-electron chi connectivity index (χ0n) is 13.3. The Labute approximate surface area is 130 Å². The molecule has 6 heteroatoms. The molecule has 22 heavy (non-hydrogen) atoms. The lowest BCUT2D eigenvalue weighted by Crippen LogP contribution is -2.28. The second-order valence-electron chi connectivity index (χ2n) is 5.89. The van der Waals surface area contributed by atoms with E-state index < -0.39 is 0 Å². The average Bonchev–Trinajstić information content (AvgIpc) is 2.76. The molecule has 0 saturated heterocycles. The molecule has 0 spiro atoms. The van der Waals surface area contributed by atoms with Crippen LogP contribution in [-0.2, 0) is 12.6 Å². The maximum Gasteiger partial charge on any atom is 0.232 e. The number of ether oxygens (including phenoxy) is 1. The van der Waals surface area contributed by atoms with Gasteiger partial charge in [-0.15, -0.1) is 5.10 Å². The van der Waals surface area contributed by atoms with Crippen molar-refractivity contribution >= 4 is 5.82 Å². The van der Waals surface area contributed by atoms with Crippen LogP contribution in [0.4, 0.5) is 5.82 Å². The van der Waals surface area contributed by atoms with Crippen LogP contribution in [0.25, 0.3) is 0 Å². The molecular weight excluding hydrogens is 280 g/mol. The number of anilines is 1. The minimum absolute atomic E-state index is 0.0162. The third-order valence-electron chi connectivity index (χ3n) is 3.34. The van der Waals surface area contributed by atoms with Crippen molar-refractivity contribution < 1.29 is 9.84 Å². The largest absolute Gasteiger partial charge is 0.494 e. The number of aromatic nitrogens is 2. The summed E-state index contributed by atoms with van der Waals surface area (Å²) in [6.45, 7) is 5.28. The Kier molecular flexibility index (Phi) is 4.92. The first kappa shape index (κ1) is 16.2. The average molecular weight is 304 g/mol. The van der Waals surface area contributed by atoms with Crippen LogP contribution in [0.3, 0.4) is 0 Å². The second kappa shape index (κ2) is 6.70. The van der Waals surface area contributed by atoms with Crippen molar-refractivity contribution in [2.24, 2.45) is 12.8 Å². The van der Waals surface area contributed by atoms with Crippen LogP contribution in [0.1, 0.15) is 25.8 Å². The van der Waals surface area contributed by atoms with Crippen molar-refractivity contribution in [1.29, 1.82) is 0 Å². The number of nitrogens with one attached hydrogen (secondary N) is 1. The number of nitrogens with zero attached hydrogens (tertiary/aromatic N) is 2. The normalized spacial score (nSPS) is 11.5. The minimum Gasteiger partial charge on any atom is -0.494 e. The summed E-state index contributed by atoms with van der Waals surface area (Å²) in [6, 6.07) is 9.46. The summed E-state index contributed by atoms with van der Waals surface area (Å²) in [7, 11) is 1.78. The van der Waals surface area contributed by atoms with E-state index in [1.807, 2.05) is 38.1 Å². The molecule has 1 aromatic heterocycles. The van der Waals surface area contributed by atoms with Gasteiger partial charge in [-0.2, -0.15) is 0 Å². The molecule has 0 atom stereocenters. The zero-order chi connectivity index (χ0) is 16.2. The molecule has 0 fully saturated rings. The number of nitrogens with two attached hydrogens (primary N) is 1. The van der Waals surface area contributed by atoms with Gasteiger partial charge in [0.1, 0.15) is 11.6 Å². The van der Waals surface area contributed by atoms with E-state index in [4.69, 9.17) is 10.5 Å². The monoisotopic (exact) mass is 304 g/mol. The molecule has 0 unspecified atom stereocenters. The van der Waals surface area contributed by atoms with Crippen LogP contribution in [-0.4, -0.2) is 28.0 Å². The van der Waals surface area contributed by atoms with Crippen molar-refractivity contribution in [3.05, 3.63) is 35.9 Å². The Morgan fingerprint density at radius 1 is 1.36 bits per heavy atom. The fraction of sp³-hybridized carbons (Fsp3) is 0.438. The van der Waals surface area contributed by atoms with Crippen molar-refractivity contribution in [2.45, 2.75) is 25.8 Å². The molecule has 0 aliphatic rings. The highest BCUT2D eigenvalue weighted by atomic mass is 16.5. The number of rotatable bonds is 7. The smallest absolute Gasteiger partial charge is 0.232 e. The van der Waals surface area contributed by atoms with Crippen molar-refractivity contribution in [2.75, 3.05) is 18.5 Å². The third-order valence-corrected chi connectivity index (χ3v) is 3.34. The second-order valence-corrected chi connectivity index (χ2v) is 5.89. The number of benzene rings is 1. The van der Waals surface area contributed by atoms with Gasteiger partial charge in [0.15, 0.2) is 0 Å². The SMILES string of the molecule is Cn1nc(O)cc1NCCCOc1cccc(C(C)(C)N)c1. The lowest BCUT2D eigenvalue weighted by Gasteiger charge is -2.19. The van der Waals surface area contributed by atoms with Gasteiger partial charge in [-0.25, -0.2) is 4.68 Å². The summed E-state index contributed by atoms with van der Waals surface area (Å²) in [5.41, 5.74) is 6.77. The van der Waals surface area contributed by atoms with E-state index in [2.05, 4.69) is 10.4 Å². The third kappa shape index (κ3) is 4.39. The molecule has 120 valence electrons. The number of aromatic hydroxyl groups is 1.